The van der Waals surface area contributed by atoms with Crippen molar-refractivity contribution in [1.29, 1.82) is 0 Å². The number of carboxylic acids is 1. The number of aliphatic carboxylic acids is 1. The number of aromatic nitrogens is 2. The highest BCUT2D eigenvalue weighted by atomic mass is 35.5. The van der Waals surface area contributed by atoms with Crippen molar-refractivity contribution in [2.24, 2.45) is 0 Å². The normalized spacial score (nSPS) is 11.0. The van der Waals surface area contributed by atoms with E-state index in [0.29, 0.717) is 11.4 Å². The third kappa shape index (κ3) is 2.70. The van der Waals surface area contributed by atoms with Crippen molar-refractivity contribution < 1.29 is 9.90 Å². The average molecular weight is 315 g/mol. The second-order valence-corrected chi connectivity index (χ2v) is 5.63. The SMILES string of the molecule is Cc1cccn2c(CCC(=O)O)c(-c3ccc(Cl)cc3)nc12. The number of pyridine rings is 1. The van der Waals surface area contributed by atoms with Crippen LogP contribution in [0.2, 0.25) is 5.02 Å². The molecular formula is C17H15ClN2O2. The molecule has 0 aliphatic carbocycles. The van der Waals surface area contributed by atoms with Gasteiger partial charge in [0.25, 0.3) is 0 Å². The minimum Gasteiger partial charge on any atom is -0.481 e. The van der Waals surface area contributed by atoms with Crippen molar-refractivity contribution in [3.8, 4) is 11.3 Å². The predicted molar refractivity (Wildman–Crippen MR) is 86.3 cm³/mol. The molecule has 0 bridgehead atoms. The molecule has 1 aromatic carbocycles. The highest BCUT2D eigenvalue weighted by Crippen LogP contribution is 2.27. The van der Waals surface area contributed by atoms with E-state index in [1.54, 1.807) is 0 Å². The molecule has 0 aliphatic heterocycles. The topological polar surface area (TPSA) is 54.6 Å². The van der Waals surface area contributed by atoms with Gasteiger partial charge in [-0.2, -0.15) is 0 Å². The van der Waals surface area contributed by atoms with E-state index < -0.39 is 5.97 Å². The fourth-order valence-electron chi connectivity index (χ4n) is 2.56. The molecule has 0 aliphatic rings. The molecule has 0 atom stereocenters. The Kier molecular flexibility index (Phi) is 3.86. The van der Waals surface area contributed by atoms with Crippen LogP contribution in [0.15, 0.2) is 42.6 Å². The number of nitrogens with zero attached hydrogens (tertiary/aromatic N) is 2. The highest BCUT2D eigenvalue weighted by Gasteiger charge is 2.16. The summed E-state index contributed by atoms with van der Waals surface area (Å²) in [6.07, 6.45) is 2.42. The fraction of sp³-hybridized carbons (Fsp3) is 0.176. The lowest BCUT2D eigenvalue weighted by molar-refractivity contribution is -0.136. The number of hydrogen-bond donors (Lipinski definition) is 1. The van der Waals surface area contributed by atoms with E-state index in [2.05, 4.69) is 0 Å². The Balaban J connectivity index is 2.18. The summed E-state index contributed by atoms with van der Waals surface area (Å²) in [6, 6.07) is 11.4. The molecule has 0 unspecified atom stereocenters. The summed E-state index contributed by atoms with van der Waals surface area (Å²) < 4.78 is 1.97. The zero-order valence-electron chi connectivity index (χ0n) is 12.1. The molecular weight excluding hydrogens is 300 g/mol. The number of hydrogen-bond acceptors (Lipinski definition) is 2. The van der Waals surface area contributed by atoms with Crippen molar-refractivity contribution in [1.82, 2.24) is 9.38 Å². The first-order valence-electron chi connectivity index (χ1n) is 7.00. The first kappa shape index (κ1) is 14.6. The van der Waals surface area contributed by atoms with Gasteiger partial charge in [0.2, 0.25) is 0 Å². The van der Waals surface area contributed by atoms with Crippen molar-refractivity contribution in [3.05, 3.63) is 58.9 Å². The number of carboxylic acid groups (broad SMARTS) is 1. The maximum Gasteiger partial charge on any atom is 0.303 e. The molecule has 0 fully saturated rings. The van der Waals surface area contributed by atoms with Gasteiger partial charge in [0.1, 0.15) is 5.65 Å². The van der Waals surface area contributed by atoms with Gasteiger partial charge in [-0.05, 0) is 30.7 Å². The molecule has 2 aromatic heterocycles. The third-order valence-corrected chi connectivity index (χ3v) is 3.89. The van der Waals surface area contributed by atoms with E-state index in [-0.39, 0.29) is 6.42 Å². The molecule has 0 spiro atoms. The monoisotopic (exact) mass is 314 g/mol. The lowest BCUT2D eigenvalue weighted by atomic mass is 10.1. The number of rotatable bonds is 4. The number of benzene rings is 1. The minimum absolute atomic E-state index is 0.0718. The molecule has 0 saturated heterocycles. The molecule has 1 N–H and O–H groups in total. The molecule has 2 heterocycles. The Morgan fingerprint density at radius 2 is 2.00 bits per heavy atom. The van der Waals surface area contributed by atoms with Gasteiger partial charge in [-0.3, -0.25) is 4.79 Å². The van der Waals surface area contributed by atoms with Gasteiger partial charge in [0.05, 0.1) is 17.8 Å². The second kappa shape index (κ2) is 5.81. The average Bonchev–Trinajstić information content (AvgIpc) is 2.86. The summed E-state index contributed by atoms with van der Waals surface area (Å²) in [5.41, 5.74) is 4.57. The van der Waals surface area contributed by atoms with Crippen LogP contribution >= 0.6 is 11.6 Å². The quantitative estimate of drug-likeness (QED) is 0.792. The van der Waals surface area contributed by atoms with Crippen LogP contribution in [0, 0.1) is 6.92 Å². The van der Waals surface area contributed by atoms with Gasteiger partial charge in [0.15, 0.2) is 0 Å². The number of halogens is 1. The summed E-state index contributed by atoms with van der Waals surface area (Å²) in [5.74, 6) is -0.815. The van der Waals surface area contributed by atoms with E-state index >= 15 is 0 Å². The zero-order valence-corrected chi connectivity index (χ0v) is 12.8. The third-order valence-electron chi connectivity index (χ3n) is 3.64. The van der Waals surface area contributed by atoms with Crippen LogP contribution in [-0.4, -0.2) is 20.5 Å². The van der Waals surface area contributed by atoms with Gasteiger partial charge in [0, 0.05) is 23.2 Å². The maximum absolute atomic E-state index is 10.9. The summed E-state index contributed by atoms with van der Waals surface area (Å²) in [5, 5.41) is 9.65. The van der Waals surface area contributed by atoms with Crippen LogP contribution in [0.25, 0.3) is 16.9 Å². The number of carbonyl (C=O) groups is 1. The van der Waals surface area contributed by atoms with Crippen molar-refractivity contribution in [2.75, 3.05) is 0 Å². The van der Waals surface area contributed by atoms with Gasteiger partial charge >= 0.3 is 5.97 Å². The fourth-order valence-corrected chi connectivity index (χ4v) is 2.68. The smallest absolute Gasteiger partial charge is 0.303 e. The highest BCUT2D eigenvalue weighted by molar-refractivity contribution is 6.30. The predicted octanol–water partition coefficient (Wildman–Crippen LogP) is 3.98. The van der Waals surface area contributed by atoms with Gasteiger partial charge in [-0.25, -0.2) is 4.98 Å². The number of fused-ring (bicyclic) bond motifs is 1. The standard InChI is InChI=1S/C17H15ClN2O2/c1-11-3-2-10-20-14(8-9-15(21)22)16(19-17(11)20)12-4-6-13(18)7-5-12/h2-7,10H,8-9H2,1H3,(H,21,22). The van der Waals surface area contributed by atoms with E-state index in [1.165, 1.54) is 0 Å². The van der Waals surface area contributed by atoms with Crippen LogP contribution in [0.5, 0.6) is 0 Å². The van der Waals surface area contributed by atoms with E-state index in [4.69, 9.17) is 21.7 Å². The Bertz CT molecular complexity index is 838. The van der Waals surface area contributed by atoms with E-state index in [9.17, 15) is 4.79 Å². The first-order chi connectivity index (χ1) is 10.6. The summed E-state index contributed by atoms with van der Waals surface area (Å²) in [6.45, 7) is 1.99. The summed E-state index contributed by atoms with van der Waals surface area (Å²) in [4.78, 5) is 15.7. The molecule has 0 radical (unpaired) electrons. The lowest BCUT2D eigenvalue weighted by Gasteiger charge is -2.04. The Morgan fingerprint density at radius 3 is 2.68 bits per heavy atom. The second-order valence-electron chi connectivity index (χ2n) is 5.19. The van der Waals surface area contributed by atoms with Crippen molar-refractivity contribution in [2.45, 2.75) is 19.8 Å². The minimum atomic E-state index is -0.815. The molecule has 3 aromatic rings. The Hall–Kier alpha value is -2.33. The lowest BCUT2D eigenvalue weighted by Crippen LogP contribution is -2.01. The Morgan fingerprint density at radius 1 is 1.27 bits per heavy atom. The molecule has 0 saturated carbocycles. The van der Waals surface area contributed by atoms with Gasteiger partial charge in [-0.1, -0.05) is 29.8 Å². The molecule has 22 heavy (non-hydrogen) atoms. The first-order valence-corrected chi connectivity index (χ1v) is 7.38. The van der Waals surface area contributed by atoms with E-state index in [1.807, 2.05) is 53.9 Å². The molecule has 112 valence electrons. The largest absolute Gasteiger partial charge is 0.481 e. The Labute approximate surface area is 133 Å². The number of imidazole rings is 1. The summed E-state index contributed by atoms with van der Waals surface area (Å²) >= 11 is 5.94. The van der Waals surface area contributed by atoms with Gasteiger partial charge < -0.3 is 9.51 Å². The molecule has 3 rings (SSSR count). The molecule has 0 amide bonds. The molecule has 4 nitrogen and oxygen atoms in total. The zero-order chi connectivity index (χ0) is 15.7. The van der Waals surface area contributed by atoms with E-state index in [0.717, 1.165) is 28.2 Å². The van der Waals surface area contributed by atoms with Crippen molar-refractivity contribution >= 4 is 23.2 Å². The summed E-state index contributed by atoms with van der Waals surface area (Å²) in [7, 11) is 0. The van der Waals surface area contributed by atoms with Crippen LogP contribution in [-0.2, 0) is 11.2 Å². The maximum atomic E-state index is 10.9. The van der Waals surface area contributed by atoms with Crippen LogP contribution in [0.3, 0.4) is 0 Å². The van der Waals surface area contributed by atoms with Crippen LogP contribution < -0.4 is 0 Å². The van der Waals surface area contributed by atoms with Crippen LogP contribution in [0.1, 0.15) is 17.7 Å². The molecule has 5 heteroatoms. The number of aryl methyl sites for hydroxylation is 2. The van der Waals surface area contributed by atoms with Crippen molar-refractivity contribution in [3.63, 3.8) is 0 Å². The van der Waals surface area contributed by atoms with Crippen LogP contribution in [0.4, 0.5) is 0 Å². The van der Waals surface area contributed by atoms with Gasteiger partial charge in [-0.15, -0.1) is 0 Å².